The Kier molecular flexibility index (Phi) is 4.42. The molecule has 0 bridgehead atoms. The van der Waals surface area contributed by atoms with E-state index in [0.717, 1.165) is 0 Å². The van der Waals surface area contributed by atoms with Gasteiger partial charge < -0.3 is 9.32 Å². The fourth-order valence-corrected chi connectivity index (χ4v) is 3.57. The first-order chi connectivity index (χ1) is 11.4. The Morgan fingerprint density at radius 2 is 1.88 bits per heavy atom. The van der Waals surface area contributed by atoms with Crippen LogP contribution in [0.2, 0.25) is 0 Å². The van der Waals surface area contributed by atoms with Crippen LogP contribution in [0, 0.1) is 6.92 Å². The van der Waals surface area contributed by atoms with Crippen molar-refractivity contribution < 1.29 is 17.6 Å². The number of amides is 1. The minimum absolute atomic E-state index is 0.126. The van der Waals surface area contributed by atoms with Crippen molar-refractivity contribution >= 4 is 15.9 Å². The fourth-order valence-electron chi connectivity index (χ4n) is 2.74. The Morgan fingerprint density at radius 1 is 1.17 bits per heavy atom. The van der Waals surface area contributed by atoms with Crippen LogP contribution in [-0.4, -0.2) is 60.9 Å². The zero-order chi connectivity index (χ0) is 17.3. The van der Waals surface area contributed by atoms with Crippen LogP contribution in [0.4, 0.5) is 0 Å². The number of aryl methyl sites for hydroxylation is 1. The predicted molar refractivity (Wildman–Crippen MR) is 89.0 cm³/mol. The van der Waals surface area contributed by atoms with E-state index in [4.69, 9.17) is 4.42 Å². The smallest absolute Gasteiger partial charge is 0.255 e. The third kappa shape index (κ3) is 3.34. The molecule has 0 aliphatic carbocycles. The highest BCUT2D eigenvalue weighted by Crippen LogP contribution is 2.20. The molecule has 2 aromatic heterocycles. The van der Waals surface area contributed by atoms with Crippen molar-refractivity contribution in [1.82, 2.24) is 14.2 Å². The molecule has 0 atom stereocenters. The topological polar surface area (TPSA) is 83.7 Å². The molecule has 1 fully saturated rings. The largest absolute Gasteiger partial charge is 0.463 e. The lowest BCUT2D eigenvalue weighted by Crippen LogP contribution is -2.50. The normalized spacial score (nSPS) is 16.3. The number of nitrogens with zero attached hydrogens (tertiary/aromatic N) is 3. The summed E-state index contributed by atoms with van der Waals surface area (Å²) in [5.74, 6) is 0.526. The number of carbonyl (C=O) groups is 1. The number of hydrogen-bond acceptors (Lipinski definition) is 5. The molecule has 0 unspecified atom stereocenters. The average molecular weight is 349 g/mol. The van der Waals surface area contributed by atoms with Gasteiger partial charge in [0.25, 0.3) is 5.91 Å². The van der Waals surface area contributed by atoms with Crippen molar-refractivity contribution in [3.8, 4) is 11.5 Å². The maximum atomic E-state index is 12.7. The molecule has 1 saturated heterocycles. The van der Waals surface area contributed by atoms with E-state index >= 15 is 0 Å². The van der Waals surface area contributed by atoms with E-state index in [2.05, 4.69) is 4.98 Å². The first-order valence-electron chi connectivity index (χ1n) is 7.62. The lowest BCUT2D eigenvalue weighted by Gasteiger charge is -2.33. The Balaban J connectivity index is 1.74. The lowest BCUT2D eigenvalue weighted by molar-refractivity contribution is 0.0697. The zero-order valence-electron chi connectivity index (χ0n) is 13.6. The Hall–Kier alpha value is -2.19. The summed E-state index contributed by atoms with van der Waals surface area (Å²) in [4.78, 5) is 18.8. The molecule has 7 nitrogen and oxygen atoms in total. The molecule has 1 amide bonds. The molecule has 1 aliphatic heterocycles. The van der Waals surface area contributed by atoms with Gasteiger partial charge in [-0.25, -0.2) is 13.4 Å². The molecular weight excluding hydrogens is 330 g/mol. The summed E-state index contributed by atoms with van der Waals surface area (Å²) in [6, 6.07) is 7.09. The molecule has 3 rings (SSSR count). The Morgan fingerprint density at radius 3 is 2.42 bits per heavy atom. The highest BCUT2D eigenvalue weighted by molar-refractivity contribution is 7.88. The molecular formula is C16H19N3O4S. The van der Waals surface area contributed by atoms with Gasteiger partial charge in [0.15, 0.2) is 5.76 Å². The SMILES string of the molecule is Cc1nc(-c2ccco2)ccc1C(=O)N1CCN(S(C)(=O)=O)CC1. The van der Waals surface area contributed by atoms with Crippen molar-refractivity contribution in [2.75, 3.05) is 32.4 Å². The summed E-state index contributed by atoms with van der Waals surface area (Å²) in [6.07, 6.45) is 2.76. The molecule has 3 heterocycles. The molecule has 0 radical (unpaired) electrons. The zero-order valence-corrected chi connectivity index (χ0v) is 14.4. The van der Waals surface area contributed by atoms with Crippen molar-refractivity contribution in [3.63, 3.8) is 0 Å². The first kappa shape index (κ1) is 16.7. The van der Waals surface area contributed by atoms with Crippen molar-refractivity contribution in [2.24, 2.45) is 0 Å². The highest BCUT2D eigenvalue weighted by atomic mass is 32.2. The fraction of sp³-hybridized carbons (Fsp3) is 0.375. The molecule has 0 saturated carbocycles. The third-order valence-corrected chi connectivity index (χ3v) is 5.39. The summed E-state index contributed by atoms with van der Waals surface area (Å²) < 4.78 is 29.8. The molecule has 128 valence electrons. The van der Waals surface area contributed by atoms with Gasteiger partial charge in [-0.2, -0.15) is 4.31 Å². The van der Waals surface area contributed by atoms with Gasteiger partial charge in [0, 0.05) is 26.2 Å². The monoisotopic (exact) mass is 349 g/mol. The van der Waals surface area contributed by atoms with Gasteiger partial charge in [-0.05, 0) is 31.2 Å². The van der Waals surface area contributed by atoms with Gasteiger partial charge in [0.05, 0.1) is 23.8 Å². The molecule has 8 heteroatoms. The molecule has 1 aliphatic rings. The second-order valence-electron chi connectivity index (χ2n) is 5.76. The second kappa shape index (κ2) is 6.37. The first-order valence-corrected chi connectivity index (χ1v) is 9.47. The molecule has 0 aromatic carbocycles. The van der Waals surface area contributed by atoms with E-state index in [1.54, 1.807) is 36.3 Å². The number of furan rings is 1. The third-order valence-electron chi connectivity index (χ3n) is 4.08. The number of sulfonamides is 1. The van der Waals surface area contributed by atoms with Gasteiger partial charge in [0.2, 0.25) is 10.0 Å². The number of pyridine rings is 1. The van der Waals surface area contributed by atoms with Gasteiger partial charge in [0.1, 0.15) is 5.69 Å². The molecule has 0 N–H and O–H groups in total. The summed E-state index contributed by atoms with van der Waals surface area (Å²) in [5.41, 5.74) is 1.83. The minimum atomic E-state index is -3.21. The average Bonchev–Trinajstić information content (AvgIpc) is 3.08. The van der Waals surface area contributed by atoms with Gasteiger partial charge >= 0.3 is 0 Å². The second-order valence-corrected chi connectivity index (χ2v) is 7.74. The van der Waals surface area contributed by atoms with Gasteiger partial charge in [-0.1, -0.05) is 0 Å². The molecule has 2 aromatic rings. The van der Waals surface area contributed by atoms with E-state index < -0.39 is 10.0 Å². The van der Waals surface area contributed by atoms with Crippen LogP contribution in [0.1, 0.15) is 16.1 Å². The standard InChI is InChI=1S/C16H19N3O4S/c1-12-13(5-6-14(17-12)15-4-3-11-23-15)16(20)18-7-9-19(10-8-18)24(2,21)22/h3-6,11H,7-10H2,1-2H3. The molecule has 0 spiro atoms. The van der Waals surface area contributed by atoms with E-state index in [1.165, 1.54) is 10.6 Å². The van der Waals surface area contributed by atoms with Crippen LogP contribution in [0.3, 0.4) is 0 Å². The maximum Gasteiger partial charge on any atom is 0.255 e. The van der Waals surface area contributed by atoms with Gasteiger partial charge in [-0.15, -0.1) is 0 Å². The highest BCUT2D eigenvalue weighted by Gasteiger charge is 2.27. The van der Waals surface area contributed by atoms with E-state index in [0.29, 0.717) is 48.9 Å². The van der Waals surface area contributed by atoms with E-state index in [-0.39, 0.29) is 5.91 Å². The molecule has 24 heavy (non-hydrogen) atoms. The number of carbonyl (C=O) groups excluding carboxylic acids is 1. The maximum absolute atomic E-state index is 12.7. The van der Waals surface area contributed by atoms with Crippen molar-refractivity contribution in [3.05, 3.63) is 41.8 Å². The predicted octanol–water partition coefficient (Wildman–Crippen LogP) is 1.37. The van der Waals surface area contributed by atoms with Crippen LogP contribution in [0.25, 0.3) is 11.5 Å². The van der Waals surface area contributed by atoms with Crippen LogP contribution < -0.4 is 0 Å². The van der Waals surface area contributed by atoms with E-state index in [9.17, 15) is 13.2 Å². The van der Waals surface area contributed by atoms with Crippen molar-refractivity contribution in [2.45, 2.75) is 6.92 Å². The van der Waals surface area contributed by atoms with Crippen molar-refractivity contribution in [1.29, 1.82) is 0 Å². The summed E-state index contributed by atoms with van der Waals surface area (Å²) in [7, 11) is -3.21. The number of piperazine rings is 1. The van der Waals surface area contributed by atoms with Crippen LogP contribution >= 0.6 is 0 Å². The number of aromatic nitrogens is 1. The minimum Gasteiger partial charge on any atom is -0.463 e. The summed E-state index contributed by atoms with van der Waals surface area (Å²) in [5, 5.41) is 0. The van der Waals surface area contributed by atoms with Crippen LogP contribution in [0.5, 0.6) is 0 Å². The quantitative estimate of drug-likeness (QED) is 0.836. The Bertz CT molecular complexity index is 838. The number of hydrogen-bond donors (Lipinski definition) is 0. The lowest BCUT2D eigenvalue weighted by atomic mass is 10.1. The number of rotatable bonds is 3. The van der Waals surface area contributed by atoms with Gasteiger partial charge in [-0.3, -0.25) is 4.79 Å². The summed E-state index contributed by atoms with van der Waals surface area (Å²) >= 11 is 0. The van der Waals surface area contributed by atoms with Crippen LogP contribution in [0.15, 0.2) is 34.9 Å². The Labute approximate surface area is 140 Å². The van der Waals surface area contributed by atoms with E-state index in [1.807, 2.05) is 6.07 Å². The van der Waals surface area contributed by atoms with Crippen LogP contribution in [-0.2, 0) is 10.0 Å². The summed E-state index contributed by atoms with van der Waals surface area (Å²) in [6.45, 7) is 3.19.